The smallest absolute Gasteiger partial charge is 0.255 e. The summed E-state index contributed by atoms with van der Waals surface area (Å²) in [5.74, 6) is -0.107. The molecule has 0 aliphatic carbocycles. The second-order valence-corrected chi connectivity index (χ2v) is 21.3. The molecule has 366 valence electrons. The molecular weight excluding hydrogens is 861 g/mol. The van der Waals surface area contributed by atoms with E-state index in [-0.39, 0.29) is 60.6 Å². The lowest BCUT2D eigenvalue weighted by molar-refractivity contribution is -0.146. The summed E-state index contributed by atoms with van der Waals surface area (Å²) >= 11 is 0. The maximum Gasteiger partial charge on any atom is 0.255 e. The molecule has 7 atom stereocenters. The second kappa shape index (κ2) is 19.3. The summed E-state index contributed by atoms with van der Waals surface area (Å²) < 4.78 is 0. The van der Waals surface area contributed by atoms with Crippen molar-refractivity contribution in [2.45, 2.75) is 126 Å². The van der Waals surface area contributed by atoms with Gasteiger partial charge in [0.1, 0.15) is 12.3 Å². The molecule has 0 spiro atoms. The highest BCUT2D eigenvalue weighted by Gasteiger charge is 2.53. The minimum atomic E-state index is -0.803. The number of hydrazine groups is 1. The van der Waals surface area contributed by atoms with Gasteiger partial charge in [-0.2, -0.15) is 5.01 Å². The van der Waals surface area contributed by atoms with E-state index in [2.05, 4.69) is 99.7 Å². The van der Waals surface area contributed by atoms with E-state index in [1.807, 2.05) is 18.0 Å². The third-order valence-corrected chi connectivity index (χ3v) is 17.0. The van der Waals surface area contributed by atoms with Crippen LogP contribution in [0.15, 0.2) is 54.6 Å². The molecule has 17 nitrogen and oxygen atoms in total. The predicted octanol–water partition coefficient (Wildman–Crippen LogP) is 2.41. The van der Waals surface area contributed by atoms with Gasteiger partial charge in [-0.15, -0.1) is 0 Å². The number of piperazine rings is 1. The maximum atomic E-state index is 13.8. The van der Waals surface area contributed by atoms with Gasteiger partial charge in [0.15, 0.2) is 0 Å². The van der Waals surface area contributed by atoms with Crippen molar-refractivity contribution in [2.75, 3.05) is 87.1 Å². The Morgan fingerprint density at radius 3 is 2.35 bits per heavy atom. The Balaban J connectivity index is 0.611. The maximum absolute atomic E-state index is 13.8. The van der Waals surface area contributed by atoms with Gasteiger partial charge in [-0.05, 0) is 138 Å². The van der Waals surface area contributed by atoms with Gasteiger partial charge in [0.05, 0.1) is 30.4 Å². The number of imide groups is 1. The summed E-state index contributed by atoms with van der Waals surface area (Å²) in [6.07, 6.45) is 13.6. The topological polar surface area (TPSA) is 171 Å². The van der Waals surface area contributed by atoms with E-state index in [0.717, 1.165) is 94.7 Å². The molecule has 68 heavy (non-hydrogen) atoms. The number of rotatable bonds is 8. The summed E-state index contributed by atoms with van der Waals surface area (Å²) in [4.78, 5) is 63.2. The Bertz CT molecular complexity index is 2220. The molecule has 9 aliphatic rings. The highest BCUT2D eigenvalue weighted by atomic mass is 16.3. The number of amides is 4. The third-order valence-electron chi connectivity index (χ3n) is 17.0. The molecule has 11 rings (SSSR count). The number of hydrogen-bond acceptors (Lipinski definition) is 14. The van der Waals surface area contributed by atoms with Crippen molar-refractivity contribution in [3.63, 3.8) is 0 Å². The fourth-order valence-corrected chi connectivity index (χ4v) is 13.0. The molecule has 7 saturated heterocycles. The van der Waals surface area contributed by atoms with Crippen molar-refractivity contribution in [1.82, 2.24) is 46.0 Å². The van der Waals surface area contributed by atoms with Crippen molar-refractivity contribution < 1.29 is 24.3 Å². The van der Waals surface area contributed by atoms with Gasteiger partial charge in [-0.25, -0.2) is 0 Å². The molecule has 2 aromatic carbocycles. The second-order valence-electron chi connectivity index (χ2n) is 21.3. The number of nitrogens with zero attached hydrogens (tertiary/aromatic N) is 7. The van der Waals surface area contributed by atoms with Gasteiger partial charge < -0.3 is 30.0 Å². The summed E-state index contributed by atoms with van der Waals surface area (Å²) in [7, 11) is 0. The van der Waals surface area contributed by atoms with E-state index in [0.29, 0.717) is 50.0 Å². The molecular formula is C51H72N12O5. The van der Waals surface area contributed by atoms with Crippen LogP contribution < -0.4 is 36.4 Å². The average molecular weight is 933 g/mol. The molecule has 17 heteroatoms. The molecule has 4 amide bonds. The normalized spacial score (nSPS) is 33.2. The summed E-state index contributed by atoms with van der Waals surface area (Å²) in [6.45, 7) is 13.2. The Morgan fingerprint density at radius 2 is 1.57 bits per heavy atom. The first-order valence-electron chi connectivity index (χ1n) is 25.9. The van der Waals surface area contributed by atoms with E-state index >= 15 is 0 Å². The van der Waals surface area contributed by atoms with E-state index in [9.17, 15) is 24.3 Å². The van der Waals surface area contributed by atoms with E-state index in [1.165, 1.54) is 38.2 Å². The lowest BCUT2D eigenvalue weighted by Crippen LogP contribution is -2.69. The van der Waals surface area contributed by atoms with Crippen LogP contribution in [0.5, 0.6) is 0 Å². The first kappa shape index (κ1) is 45.8. The number of aliphatic hydroxyl groups is 1. The molecule has 0 saturated carbocycles. The average Bonchev–Trinajstić information content (AvgIpc) is 3.82. The van der Waals surface area contributed by atoms with Crippen LogP contribution in [-0.4, -0.2) is 168 Å². The van der Waals surface area contributed by atoms with E-state index in [4.69, 9.17) is 0 Å². The van der Waals surface area contributed by atoms with Gasteiger partial charge in [-0.3, -0.25) is 50.4 Å². The number of nitrogens with one attached hydrogen (secondary N) is 5. The van der Waals surface area contributed by atoms with E-state index < -0.39 is 11.6 Å². The van der Waals surface area contributed by atoms with Gasteiger partial charge in [0.2, 0.25) is 17.7 Å². The van der Waals surface area contributed by atoms with Crippen LogP contribution in [0.4, 0.5) is 17.1 Å². The third kappa shape index (κ3) is 9.27. The van der Waals surface area contributed by atoms with Crippen molar-refractivity contribution in [3.8, 4) is 0 Å². The standard InChI is InChI=1S/C51H72N12O5/c1-51(68)20-3-2-4-21-62-49(67)41-31-52-50(56-46(41)63(62)44-7-5-6-43(51)54-44)53-36-8-10-37(11-9-36)59-26-28-60(29-27-59)38-18-22-57(23-19-38)32-34-16-24-58(25-17-34)39-12-13-40-35(30-39)33-61(48(40)66)42-14-15-45(64)55-47(42)65/h2,4,8-13,30,34,38,41-44,46,50,52-54,56,68H,3,5-7,14-29,31-33H2,1H3,(H,55,64,65)/b4-2-/t41?,42?,43?,44?,46?,50?,51-/m1/s1. The van der Waals surface area contributed by atoms with Crippen molar-refractivity contribution >= 4 is 40.7 Å². The minimum Gasteiger partial charge on any atom is -0.389 e. The van der Waals surface area contributed by atoms with Crippen LogP contribution in [0.1, 0.15) is 93.5 Å². The Morgan fingerprint density at radius 1 is 0.809 bits per heavy atom. The summed E-state index contributed by atoms with van der Waals surface area (Å²) in [6, 6.07) is 15.0. The van der Waals surface area contributed by atoms with Crippen LogP contribution in [0, 0.1) is 11.8 Å². The molecule has 7 fully saturated rings. The highest BCUT2D eigenvalue weighted by molar-refractivity contribution is 6.05. The lowest BCUT2D eigenvalue weighted by Gasteiger charge is -2.47. The molecule has 9 heterocycles. The number of fused-ring (bicyclic) bond motifs is 7. The van der Waals surface area contributed by atoms with Gasteiger partial charge >= 0.3 is 0 Å². The monoisotopic (exact) mass is 933 g/mol. The quantitative estimate of drug-likeness (QED) is 0.169. The van der Waals surface area contributed by atoms with Crippen LogP contribution in [0.2, 0.25) is 0 Å². The molecule has 2 bridgehead atoms. The molecule has 0 aromatic heterocycles. The summed E-state index contributed by atoms with van der Waals surface area (Å²) in [5.41, 5.74) is 4.27. The fourth-order valence-electron chi connectivity index (χ4n) is 13.0. The molecule has 6 N–H and O–H groups in total. The molecule has 2 aromatic rings. The largest absolute Gasteiger partial charge is 0.389 e. The molecule has 9 aliphatic heterocycles. The highest BCUT2D eigenvalue weighted by Crippen LogP contribution is 2.36. The predicted molar refractivity (Wildman–Crippen MR) is 260 cm³/mol. The zero-order valence-corrected chi connectivity index (χ0v) is 39.8. The van der Waals surface area contributed by atoms with E-state index in [1.54, 1.807) is 4.90 Å². The van der Waals surface area contributed by atoms with Gasteiger partial charge in [-0.1, -0.05) is 12.2 Å². The van der Waals surface area contributed by atoms with Crippen LogP contribution in [-0.2, 0) is 20.9 Å². The zero-order chi connectivity index (χ0) is 46.5. The van der Waals surface area contributed by atoms with Gasteiger partial charge in [0.25, 0.3) is 5.91 Å². The number of carbonyl (C=O) groups excluding carboxylic acids is 4. The fraction of sp³-hybridized carbons (Fsp3) is 0.647. The lowest BCUT2D eigenvalue weighted by atomic mass is 9.85. The van der Waals surface area contributed by atoms with Gasteiger partial charge in [0, 0.05) is 100 Å². The number of hydrogen-bond donors (Lipinski definition) is 6. The summed E-state index contributed by atoms with van der Waals surface area (Å²) in [5, 5.41) is 32.7. The first-order valence-corrected chi connectivity index (χ1v) is 25.9. The Kier molecular flexibility index (Phi) is 13.0. The van der Waals surface area contributed by atoms with Crippen molar-refractivity contribution in [2.24, 2.45) is 11.8 Å². The number of carbonyl (C=O) groups is 4. The molecule has 6 unspecified atom stereocenters. The first-order chi connectivity index (χ1) is 33.0. The number of anilines is 3. The van der Waals surface area contributed by atoms with Crippen LogP contribution >= 0.6 is 0 Å². The number of allylic oxidation sites excluding steroid dienone is 1. The Labute approximate surface area is 400 Å². The minimum absolute atomic E-state index is 0.0148. The van der Waals surface area contributed by atoms with Crippen LogP contribution in [0.3, 0.4) is 0 Å². The Hall–Kier alpha value is -4.62. The number of likely N-dealkylation sites (tertiary alicyclic amines) is 1. The number of benzene rings is 2. The zero-order valence-electron chi connectivity index (χ0n) is 39.8. The van der Waals surface area contributed by atoms with Crippen LogP contribution in [0.25, 0.3) is 0 Å². The van der Waals surface area contributed by atoms with Crippen molar-refractivity contribution in [3.05, 3.63) is 65.7 Å². The number of piperidine rings is 4. The SMILES string of the molecule is C[C@@]1(O)CC/C=C\CN2C(=O)C3CNC(Nc4ccc(N5CCN(C6CCN(CC7CCN(c8ccc9c(c8)CN(C8CCC(=O)NC8=O)C9=O)CC7)CC6)CC5)cc4)NC3N2C2CCCC1N2. The van der Waals surface area contributed by atoms with Crippen molar-refractivity contribution in [1.29, 1.82) is 0 Å². The molecule has 0 radical (unpaired) electrons.